The number of unbranched alkanes of at least 4 members (excludes halogenated alkanes) is 9. The van der Waals surface area contributed by atoms with Crippen molar-refractivity contribution in [2.45, 2.75) is 198 Å². The number of hydrogen-bond acceptors (Lipinski definition) is 20. The van der Waals surface area contributed by atoms with Crippen molar-refractivity contribution < 1.29 is 76.9 Å². The van der Waals surface area contributed by atoms with Crippen LogP contribution in [0.3, 0.4) is 0 Å². The van der Waals surface area contributed by atoms with Gasteiger partial charge >= 0.3 is 29.8 Å². The molecule has 3 aliphatic carbocycles. The second-order valence-corrected chi connectivity index (χ2v) is 28.9. The van der Waals surface area contributed by atoms with Crippen molar-refractivity contribution in [2.75, 3.05) is 32.2 Å². The number of aliphatic hydroxyl groups excluding tert-OH is 1. The highest BCUT2D eigenvalue weighted by atomic mass is 32.2. The molecule has 3 fully saturated rings. The maximum atomic E-state index is 15.6. The summed E-state index contributed by atoms with van der Waals surface area (Å²) in [5.41, 5.74) is -6.19. The first-order valence-electron chi connectivity index (χ1n) is 31.4. The van der Waals surface area contributed by atoms with E-state index in [1.54, 1.807) is 125 Å². The standard InChI is InChI=1S/C69H88N2O16S3/c1-9-10-11-12-13-14-15-16-17-27-37-89-64(88)90-66(7,42-70)35-28-36-82-53(74)40-81-41-54(75)85-57(56(47-29-21-18-22-30-47)71-61(77)48-31-23-19-24-32-48)63(79)84-50-39-69(80)60(86-62(78)49-33-25-20-26-34-49)58-67(8,59(76)45(3)55(44(50)2)65(69,5)6)51(73)38-52-68(58,43-83-52)87-46(4)72/h18-26,29-34,45,50-52,56-58,60,73,80H,9-17,27-28,35-41,43H2,1-8H3,(H,71,77)/t45-,50-,51+,52-,56+,57+,58-,60-,66?,67-,68-,69-/m1/s1. The minimum atomic E-state index is -2.33. The van der Waals surface area contributed by atoms with Crippen LogP contribution in [0, 0.1) is 34.0 Å². The minimum absolute atomic E-state index is 0.0487. The van der Waals surface area contributed by atoms with Crippen molar-refractivity contribution in [3.8, 4) is 6.07 Å². The lowest BCUT2D eigenvalue weighted by Gasteiger charge is -2.67. The molecule has 0 spiro atoms. The predicted molar refractivity (Wildman–Crippen MR) is 345 cm³/mol. The number of benzene rings is 3. The second kappa shape index (κ2) is 32.0. The first-order valence-corrected chi connectivity index (χ1v) is 33.6. The number of carbonyl (C=O) groups is 7. The van der Waals surface area contributed by atoms with E-state index in [9.17, 15) is 39.4 Å². The molecule has 90 heavy (non-hydrogen) atoms. The normalized spacial score (nSPS) is 26.2. The van der Waals surface area contributed by atoms with E-state index < -0.39 is 136 Å². The summed E-state index contributed by atoms with van der Waals surface area (Å²) in [7, 11) is 0. The van der Waals surface area contributed by atoms with Gasteiger partial charge in [-0.1, -0.05) is 176 Å². The van der Waals surface area contributed by atoms with E-state index in [1.165, 1.54) is 89.1 Å². The van der Waals surface area contributed by atoms with E-state index in [2.05, 4.69) is 18.3 Å². The van der Waals surface area contributed by atoms with Crippen molar-refractivity contribution in [1.82, 2.24) is 5.32 Å². The van der Waals surface area contributed by atoms with Crippen LogP contribution >= 0.6 is 35.7 Å². The highest BCUT2D eigenvalue weighted by Crippen LogP contribution is 2.65. The Morgan fingerprint density at radius 3 is 2.02 bits per heavy atom. The van der Waals surface area contributed by atoms with Crippen LogP contribution in [0.25, 0.3) is 0 Å². The van der Waals surface area contributed by atoms with Gasteiger partial charge in [0, 0.05) is 36.7 Å². The van der Waals surface area contributed by atoms with Crippen molar-refractivity contribution in [2.24, 2.45) is 22.7 Å². The molecule has 2 saturated carbocycles. The zero-order valence-electron chi connectivity index (χ0n) is 53.0. The van der Waals surface area contributed by atoms with Gasteiger partial charge in [0.25, 0.3) is 5.91 Å². The first-order chi connectivity index (χ1) is 42.9. The number of aliphatic hydroxyl groups is 2. The van der Waals surface area contributed by atoms with Crippen LogP contribution in [0.15, 0.2) is 102 Å². The van der Waals surface area contributed by atoms with E-state index in [0.717, 1.165) is 18.6 Å². The Hall–Kier alpha value is -5.99. The highest BCUT2D eigenvalue weighted by molar-refractivity contribution is 8.47. The number of hydrogen-bond donors (Lipinski definition) is 3. The molecule has 1 amide bonds. The number of rotatable bonds is 30. The number of amides is 1. The van der Waals surface area contributed by atoms with Gasteiger partial charge in [0.1, 0.15) is 57.2 Å². The molecule has 3 N–H and O–H groups in total. The van der Waals surface area contributed by atoms with Gasteiger partial charge in [-0.2, -0.15) is 5.26 Å². The smallest absolute Gasteiger partial charge is 0.350 e. The molecule has 0 aromatic heterocycles. The first kappa shape index (κ1) is 71.5. The Kier molecular flexibility index (Phi) is 25.4. The van der Waals surface area contributed by atoms with E-state index >= 15 is 9.59 Å². The number of fused-ring (bicyclic) bond motifs is 5. The summed E-state index contributed by atoms with van der Waals surface area (Å²) < 4.78 is 41.8. The largest absolute Gasteiger partial charge is 0.464 e. The van der Waals surface area contributed by atoms with Crippen LogP contribution < -0.4 is 5.32 Å². The van der Waals surface area contributed by atoms with Gasteiger partial charge in [-0.25, -0.2) is 19.2 Å². The Bertz CT molecular complexity index is 3090. The van der Waals surface area contributed by atoms with E-state index in [1.807, 2.05) is 0 Å². The van der Waals surface area contributed by atoms with Crippen molar-refractivity contribution in [1.29, 1.82) is 5.26 Å². The maximum Gasteiger partial charge on any atom is 0.350 e. The van der Waals surface area contributed by atoms with Crippen LogP contribution in [0.1, 0.15) is 178 Å². The molecule has 3 aromatic carbocycles. The number of ether oxygens (including phenoxy) is 7. The Balaban J connectivity index is 1.09. The van der Waals surface area contributed by atoms with Gasteiger partial charge in [-0.3, -0.25) is 14.4 Å². The lowest BCUT2D eigenvalue weighted by molar-refractivity contribution is -0.345. The van der Waals surface area contributed by atoms with Gasteiger partial charge in [0.15, 0.2) is 5.60 Å². The summed E-state index contributed by atoms with van der Waals surface area (Å²) in [5.74, 6) is -7.73. The number of nitriles is 1. The third-order valence-corrected chi connectivity index (χ3v) is 21.4. The number of Topliss-reactive ketones (excluding diaryl/α,β-unsaturated/α-hetero) is 1. The topological polar surface area (TPSA) is 260 Å². The zero-order valence-corrected chi connectivity index (χ0v) is 55.4. The Morgan fingerprint density at radius 1 is 0.844 bits per heavy atom. The van der Waals surface area contributed by atoms with Crippen LogP contribution in [-0.2, 0) is 57.1 Å². The van der Waals surface area contributed by atoms with Crippen LogP contribution in [-0.4, -0.2) is 134 Å². The predicted octanol–water partition coefficient (Wildman–Crippen LogP) is 11.3. The van der Waals surface area contributed by atoms with Crippen molar-refractivity contribution in [3.05, 3.63) is 119 Å². The molecular formula is C69H88N2O16S3. The maximum absolute atomic E-state index is 15.6. The number of nitrogens with one attached hydrogen (secondary N) is 1. The fourth-order valence-electron chi connectivity index (χ4n) is 13.7. The zero-order chi connectivity index (χ0) is 65.4. The van der Waals surface area contributed by atoms with Gasteiger partial charge in [-0.15, -0.1) is 11.8 Å². The van der Waals surface area contributed by atoms with Gasteiger partial charge < -0.3 is 48.7 Å². The molecule has 4 aliphatic rings. The van der Waals surface area contributed by atoms with Crippen LogP contribution in [0.4, 0.5) is 0 Å². The molecule has 488 valence electrons. The highest BCUT2D eigenvalue weighted by Gasteiger charge is 2.77. The molecule has 7 rings (SSSR count). The number of carbonyl (C=O) groups excluding carboxylic acids is 7. The van der Waals surface area contributed by atoms with E-state index in [4.69, 9.17) is 45.4 Å². The van der Waals surface area contributed by atoms with Gasteiger partial charge in [-0.05, 0) is 86.8 Å². The number of thioether (sulfide) groups is 2. The van der Waals surface area contributed by atoms with E-state index in [0.29, 0.717) is 33.1 Å². The monoisotopic (exact) mass is 1300 g/mol. The minimum Gasteiger partial charge on any atom is -0.464 e. The number of nitrogens with zero attached hydrogens (tertiary/aromatic N) is 1. The molecular weight excluding hydrogens is 1210 g/mol. The second-order valence-electron chi connectivity index (χ2n) is 25.1. The lowest BCUT2D eigenvalue weighted by Crippen LogP contribution is -2.81. The lowest BCUT2D eigenvalue weighted by atomic mass is 9.43. The quantitative estimate of drug-likeness (QED) is 0.0184. The molecule has 18 nitrogen and oxygen atoms in total. The molecule has 1 unspecified atom stereocenters. The average molecular weight is 1300 g/mol. The van der Waals surface area contributed by atoms with E-state index in [-0.39, 0.29) is 30.8 Å². The third-order valence-electron chi connectivity index (χ3n) is 18.5. The molecule has 21 heteroatoms. The average Bonchev–Trinajstić information content (AvgIpc) is 0.672. The van der Waals surface area contributed by atoms with Gasteiger partial charge in [0.2, 0.25) is 6.10 Å². The summed E-state index contributed by atoms with van der Waals surface area (Å²) in [5, 5.41) is 39.1. The molecule has 1 aliphatic heterocycles. The molecule has 1 saturated heterocycles. The van der Waals surface area contributed by atoms with Crippen LogP contribution in [0.2, 0.25) is 0 Å². The van der Waals surface area contributed by atoms with Crippen LogP contribution in [0.5, 0.6) is 0 Å². The SMILES string of the molecule is CCCCCCCCCCCCSC(=S)SC(C)(C#N)CCCOC(=O)COCC(=O)O[C@H](C(=O)O[C@@H]1C[C@@]2(O)[C@H](OC(=O)c3ccccc3)[C@H]3[C@@]4(OC(C)=O)CO[C@@H]4C[C@H](O)[C@@]3(C)C(=O)[C@H](C)C(=C1C)C2(C)C)[C@@H](NC(=O)c1ccccc1)c1ccccc1. The fraction of sp³-hybridized carbons (Fsp3) is 0.580. The number of ketones is 1. The summed E-state index contributed by atoms with van der Waals surface area (Å²) in [6.07, 6.45) is 4.76. The number of thiocarbonyl (C=S) groups is 1. The third kappa shape index (κ3) is 16.6. The molecule has 1 heterocycles. The molecule has 12 atom stereocenters. The Morgan fingerprint density at radius 2 is 1.43 bits per heavy atom. The molecule has 3 aromatic rings. The molecule has 0 radical (unpaired) electrons. The summed E-state index contributed by atoms with van der Waals surface area (Å²) in [4.78, 5) is 99.9. The van der Waals surface area contributed by atoms with Crippen molar-refractivity contribution in [3.63, 3.8) is 0 Å². The summed E-state index contributed by atoms with van der Waals surface area (Å²) in [6, 6.07) is 25.1. The Labute approximate surface area is 543 Å². The number of esters is 5. The summed E-state index contributed by atoms with van der Waals surface area (Å²) in [6.45, 7) is 11.5. The fourth-order valence-corrected chi connectivity index (χ4v) is 16.7. The van der Waals surface area contributed by atoms with Gasteiger partial charge in [0.05, 0.1) is 42.3 Å². The molecule has 2 bridgehead atoms. The van der Waals surface area contributed by atoms with Crippen molar-refractivity contribution >= 4 is 80.8 Å². The summed E-state index contributed by atoms with van der Waals surface area (Å²) >= 11 is 8.55.